The van der Waals surface area contributed by atoms with E-state index in [0.717, 1.165) is 22.9 Å². The molecule has 1 saturated heterocycles. The molecule has 3 unspecified atom stereocenters. The quantitative estimate of drug-likeness (QED) is 0.888. The van der Waals surface area contributed by atoms with Crippen molar-refractivity contribution in [2.45, 2.75) is 51.1 Å². The Morgan fingerprint density at radius 1 is 1.50 bits per heavy atom. The molecule has 120 valence electrons. The first-order chi connectivity index (χ1) is 10.6. The molecule has 1 fully saturated rings. The first kappa shape index (κ1) is 16.0. The van der Waals surface area contributed by atoms with Gasteiger partial charge in [-0.15, -0.1) is 11.3 Å². The number of nitrogens with zero attached hydrogens (tertiary/aromatic N) is 1. The molecule has 3 heterocycles. The summed E-state index contributed by atoms with van der Waals surface area (Å²) < 4.78 is 6.50. The molecule has 2 aromatic rings. The predicted octanol–water partition coefficient (Wildman–Crippen LogP) is 3.83. The Morgan fingerprint density at radius 2 is 2.32 bits per heavy atom. The Balaban J connectivity index is 1.84. The van der Waals surface area contributed by atoms with Gasteiger partial charge in [-0.25, -0.2) is 4.98 Å². The van der Waals surface area contributed by atoms with E-state index in [9.17, 15) is 5.11 Å². The summed E-state index contributed by atoms with van der Waals surface area (Å²) in [4.78, 5) is 5.52. The van der Waals surface area contributed by atoms with Gasteiger partial charge in [-0.1, -0.05) is 11.6 Å². The fraction of sp³-hybridized carbons (Fsp3) is 0.562. The standard InChI is InChI=1S/C16H21ClN2O2S/c1-9-5-12(16-11(3-4-20)7-15(17)22-16)6-13(19-9)14-8-18-10(2)21-14/h7-9,12-13,19-20H,3-6H2,1-2H3. The van der Waals surface area contributed by atoms with Crippen molar-refractivity contribution in [3.8, 4) is 0 Å². The maximum atomic E-state index is 9.26. The number of aryl methyl sites for hydroxylation is 1. The molecule has 4 nitrogen and oxygen atoms in total. The lowest BCUT2D eigenvalue weighted by Gasteiger charge is -2.33. The third kappa shape index (κ3) is 3.38. The van der Waals surface area contributed by atoms with Crippen LogP contribution in [0.4, 0.5) is 0 Å². The molecule has 2 N–H and O–H groups in total. The third-order valence-electron chi connectivity index (χ3n) is 4.19. The van der Waals surface area contributed by atoms with Gasteiger partial charge in [0.15, 0.2) is 5.89 Å². The van der Waals surface area contributed by atoms with Gasteiger partial charge in [0.1, 0.15) is 5.76 Å². The summed E-state index contributed by atoms with van der Waals surface area (Å²) in [6.07, 6.45) is 4.52. The van der Waals surface area contributed by atoms with E-state index in [1.54, 1.807) is 11.3 Å². The monoisotopic (exact) mass is 340 g/mol. The number of piperidine rings is 1. The molecular formula is C16H21ClN2O2S. The zero-order valence-electron chi connectivity index (χ0n) is 12.8. The molecule has 0 aliphatic carbocycles. The molecule has 1 aliphatic heterocycles. The molecule has 0 amide bonds. The minimum absolute atomic E-state index is 0.158. The van der Waals surface area contributed by atoms with E-state index in [1.807, 2.05) is 19.2 Å². The fourth-order valence-electron chi connectivity index (χ4n) is 3.31. The van der Waals surface area contributed by atoms with Gasteiger partial charge in [-0.2, -0.15) is 0 Å². The van der Waals surface area contributed by atoms with E-state index in [4.69, 9.17) is 16.0 Å². The van der Waals surface area contributed by atoms with Crippen molar-refractivity contribution in [2.24, 2.45) is 0 Å². The maximum absolute atomic E-state index is 9.26. The molecule has 1 aliphatic rings. The number of aromatic nitrogens is 1. The molecule has 0 bridgehead atoms. The fourth-order valence-corrected chi connectivity index (χ4v) is 4.75. The van der Waals surface area contributed by atoms with Crippen molar-refractivity contribution in [1.82, 2.24) is 10.3 Å². The second-order valence-corrected chi connectivity index (χ2v) is 7.70. The van der Waals surface area contributed by atoms with Crippen LogP contribution in [0.2, 0.25) is 4.34 Å². The Hall–Kier alpha value is -0.880. The molecule has 6 heteroatoms. The largest absolute Gasteiger partial charge is 0.444 e. The molecular weight excluding hydrogens is 320 g/mol. The Kier molecular flexibility index (Phi) is 4.88. The highest BCUT2D eigenvalue weighted by Gasteiger charge is 2.32. The van der Waals surface area contributed by atoms with E-state index in [0.29, 0.717) is 24.3 Å². The molecule has 2 aromatic heterocycles. The number of thiophene rings is 1. The molecule has 0 aromatic carbocycles. The van der Waals surface area contributed by atoms with Crippen LogP contribution in [0.25, 0.3) is 0 Å². The van der Waals surface area contributed by atoms with Crippen LogP contribution in [-0.4, -0.2) is 22.7 Å². The van der Waals surface area contributed by atoms with Crippen LogP contribution in [-0.2, 0) is 6.42 Å². The highest BCUT2D eigenvalue weighted by atomic mass is 35.5. The third-order valence-corrected chi connectivity index (χ3v) is 5.66. The minimum Gasteiger partial charge on any atom is -0.444 e. The van der Waals surface area contributed by atoms with E-state index in [-0.39, 0.29) is 12.6 Å². The van der Waals surface area contributed by atoms with Gasteiger partial charge in [0.2, 0.25) is 0 Å². The highest BCUT2D eigenvalue weighted by Crippen LogP contribution is 2.42. The number of aliphatic hydroxyl groups excluding tert-OH is 1. The van der Waals surface area contributed by atoms with Crippen LogP contribution in [0.1, 0.15) is 53.8 Å². The summed E-state index contributed by atoms with van der Waals surface area (Å²) in [5.41, 5.74) is 1.18. The summed E-state index contributed by atoms with van der Waals surface area (Å²) in [7, 11) is 0. The van der Waals surface area contributed by atoms with Crippen molar-refractivity contribution in [3.63, 3.8) is 0 Å². The van der Waals surface area contributed by atoms with Crippen LogP contribution in [0.5, 0.6) is 0 Å². The van der Waals surface area contributed by atoms with E-state index in [1.165, 1.54) is 10.4 Å². The van der Waals surface area contributed by atoms with Gasteiger partial charge in [0, 0.05) is 24.4 Å². The summed E-state index contributed by atoms with van der Waals surface area (Å²) in [6, 6.07) is 2.58. The second kappa shape index (κ2) is 6.71. The molecule has 3 rings (SSSR count). The van der Waals surface area contributed by atoms with Crippen molar-refractivity contribution < 1.29 is 9.52 Å². The maximum Gasteiger partial charge on any atom is 0.191 e. The van der Waals surface area contributed by atoms with E-state index in [2.05, 4.69) is 17.2 Å². The summed E-state index contributed by atoms with van der Waals surface area (Å²) in [5.74, 6) is 2.04. The topological polar surface area (TPSA) is 58.3 Å². The molecule has 0 spiro atoms. The normalized spacial score (nSPS) is 25.5. The first-order valence-corrected chi connectivity index (χ1v) is 8.83. The molecule has 0 radical (unpaired) electrons. The van der Waals surface area contributed by atoms with E-state index >= 15 is 0 Å². The van der Waals surface area contributed by atoms with Crippen LogP contribution >= 0.6 is 22.9 Å². The number of halogens is 1. The SMILES string of the molecule is Cc1ncc(C2CC(c3sc(Cl)cc3CCO)CC(C)N2)o1. The number of hydrogen-bond acceptors (Lipinski definition) is 5. The Labute approximate surface area is 139 Å². The van der Waals surface area contributed by atoms with Crippen LogP contribution in [0.15, 0.2) is 16.7 Å². The van der Waals surface area contributed by atoms with Crippen molar-refractivity contribution in [3.05, 3.63) is 38.7 Å². The number of aliphatic hydroxyl groups is 1. The van der Waals surface area contributed by atoms with Crippen molar-refractivity contribution in [2.75, 3.05) is 6.61 Å². The molecule has 0 saturated carbocycles. The number of hydrogen-bond donors (Lipinski definition) is 2. The average molecular weight is 341 g/mol. The van der Waals surface area contributed by atoms with Crippen LogP contribution in [0.3, 0.4) is 0 Å². The lowest BCUT2D eigenvalue weighted by atomic mass is 9.85. The number of nitrogens with one attached hydrogen (secondary N) is 1. The zero-order valence-corrected chi connectivity index (χ0v) is 14.4. The molecule has 22 heavy (non-hydrogen) atoms. The first-order valence-electron chi connectivity index (χ1n) is 7.64. The molecule has 3 atom stereocenters. The van der Waals surface area contributed by atoms with Crippen LogP contribution < -0.4 is 5.32 Å². The zero-order chi connectivity index (χ0) is 15.7. The summed E-state index contributed by atoms with van der Waals surface area (Å²) in [6.45, 7) is 4.22. The van der Waals surface area contributed by atoms with E-state index < -0.39 is 0 Å². The van der Waals surface area contributed by atoms with Gasteiger partial charge in [-0.3, -0.25) is 0 Å². The number of rotatable bonds is 4. The average Bonchev–Trinajstić information content (AvgIpc) is 3.05. The van der Waals surface area contributed by atoms with Crippen LogP contribution in [0, 0.1) is 6.92 Å². The Morgan fingerprint density at radius 3 is 3.00 bits per heavy atom. The van der Waals surface area contributed by atoms with Gasteiger partial charge < -0.3 is 14.8 Å². The van der Waals surface area contributed by atoms with Gasteiger partial charge in [-0.05, 0) is 43.7 Å². The van der Waals surface area contributed by atoms with Gasteiger partial charge >= 0.3 is 0 Å². The Bertz CT molecular complexity index is 640. The smallest absolute Gasteiger partial charge is 0.191 e. The second-order valence-electron chi connectivity index (χ2n) is 5.98. The lowest BCUT2D eigenvalue weighted by Crippen LogP contribution is -2.37. The minimum atomic E-state index is 0.158. The lowest BCUT2D eigenvalue weighted by molar-refractivity contribution is 0.271. The van der Waals surface area contributed by atoms with Crippen molar-refractivity contribution in [1.29, 1.82) is 0 Å². The summed E-state index contributed by atoms with van der Waals surface area (Å²) in [5, 5.41) is 12.9. The van der Waals surface area contributed by atoms with Gasteiger partial charge in [0.05, 0.1) is 16.6 Å². The predicted molar refractivity (Wildman–Crippen MR) is 88.7 cm³/mol. The number of oxazole rings is 1. The van der Waals surface area contributed by atoms with Crippen molar-refractivity contribution >= 4 is 22.9 Å². The summed E-state index contributed by atoms with van der Waals surface area (Å²) >= 11 is 7.85. The highest BCUT2D eigenvalue weighted by molar-refractivity contribution is 7.16. The van der Waals surface area contributed by atoms with Gasteiger partial charge in [0.25, 0.3) is 0 Å².